The molecule has 2 rings (SSSR count). The van der Waals surface area contributed by atoms with Crippen LogP contribution in [0.15, 0.2) is 34.9 Å². The molecule has 0 radical (unpaired) electrons. The van der Waals surface area contributed by atoms with E-state index in [4.69, 9.17) is 4.42 Å². The zero-order valence-electron chi connectivity index (χ0n) is 14.6. The van der Waals surface area contributed by atoms with Crippen molar-refractivity contribution in [3.8, 4) is 0 Å². The van der Waals surface area contributed by atoms with Crippen LogP contribution in [0.2, 0.25) is 0 Å². The summed E-state index contributed by atoms with van der Waals surface area (Å²) in [6.07, 6.45) is 1.55. The highest BCUT2D eigenvalue weighted by Crippen LogP contribution is 2.22. The molecule has 0 saturated heterocycles. The number of rotatable bonds is 4. The van der Waals surface area contributed by atoms with Crippen LogP contribution in [0.1, 0.15) is 48.0 Å². The van der Waals surface area contributed by atoms with Crippen LogP contribution in [0.5, 0.6) is 0 Å². The van der Waals surface area contributed by atoms with Crippen molar-refractivity contribution in [2.75, 3.05) is 5.32 Å². The Labute approximate surface area is 143 Å². The average Bonchev–Trinajstić information content (AvgIpc) is 2.79. The van der Waals surface area contributed by atoms with E-state index < -0.39 is 14.6 Å². The fourth-order valence-electron chi connectivity index (χ4n) is 2.23. The Morgan fingerprint density at radius 2 is 1.71 bits per heavy atom. The summed E-state index contributed by atoms with van der Waals surface area (Å²) >= 11 is 0. The fourth-order valence-corrected chi connectivity index (χ4v) is 3.29. The van der Waals surface area contributed by atoms with Crippen molar-refractivity contribution in [1.82, 2.24) is 0 Å². The normalized spacial score (nSPS) is 12.2. The summed E-state index contributed by atoms with van der Waals surface area (Å²) in [6.45, 7) is 8.61. The molecule has 0 saturated carbocycles. The molecule has 1 heterocycles. The summed E-state index contributed by atoms with van der Waals surface area (Å²) in [5.41, 5.74) is 2.60. The smallest absolute Gasteiger partial charge is 0.259 e. The first-order valence-corrected chi connectivity index (χ1v) is 9.34. The van der Waals surface area contributed by atoms with Gasteiger partial charge in [-0.05, 0) is 52.3 Å². The maximum absolute atomic E-state index is 12.3. The van der Waals surface area contributed by atoms with Crippen LogP contribution < -0.4 is 5.32 Å². The van der Waals surface area contributed by atoms with Gasteiger partial charge in [-0.3, -0.25) is 4.79 Å². The van der Waals surface area contributed by atoms with Gasteiger partial charge in [0.15, 0.2) is 9.84 Å². The predicted molar refractivity (Wildman–Crippen MR) is 95.0 cm³/mol. The minimum absolute atomic E-state index is 0.0231. The van der Waals surface area contributed by atoms with Crippen LogP contribution in [0.4, 0.5) is 5.69 Å². The Bertz CT molecular complexity index is 821. The maximum atomic E-state index is 12.3. The molecule has 24 heavy (non-hydrogen) atoms. The van der Waals surface area contributed by atoms with Gasteiger partial charge in [-0.1, -0.05) is 12.1 Å². The number of aryl methyl sites for hydroxylation is 2. The molecule has 6 heteroatoms. The average molecular weight is 349 g/mol. The number of benzene rings is 1. The molecular weight excluding hydrogens is 326 g/mol. The van der Waals surface area contributed by atoms with Crippen molar-refractivity contribution in [2.24, 2.45) is 0 Å². The largest absolute Gasteiger partial charge is 0.469 e. The minimum atomic E-state index is -3.23. The molecule has 0 aliphatic heterocycles. The first-order chi connectivity index (χ1) is 11.0. The second-order valence-corrected chi connectivity index (χ2v) is 9.62. The highest BCUT2D eigenvalue weighted by atomic mass is 32.2. The summed E-state index contributed by atoms with van der Waals surface area (Å²) in [5, 5.41) is 2.80. The van der Waals surface area contributed by atoms with Crippen LogP contribution in [0.25, 0.3) is 0 Å². The Balaban J connectivity index is 2.12. The molecule has 0 aliphatic carbocycles. The summed E-state index contributed by atoms with van der Waals surface area (Å²) in [7, 11) is -3.23. The number of hydrogen-bond donors (Lipinski definition) is 1. The van der Waals surface area contributed by atoms with Crippen LogP contribution in [-0.4, -0.2) is 19.1 Å². The van der Waals surface area contributed by atoms with Crippen molar-refractivity contribution in [1.29, 1.82) is 0 Å². The van der Waals surface area contributed by atoms with Gasteiger partial charge in [0.05, 0.1) is 22.3 Å². The Morgan fingerprint density at radius 1 is 1.12 bits per heavy atom. The van der Waals surface area contributed by atoms with Gasteiger partial charge in [0.25, 0.3) is 5.91 Å². The van der Waals surface area contributed by atoms with Gasteiger partial charge >= 0.3 is 0 Å². The van der Waals surface area contributed by atoms with Gasteiger partial charge < -0.3 is 9.73 Å². The lowest BCUT2D eigenvalue weighted by molar-refractivity contribution is 0.102. The topological polar surface area (TPSA) is 76.4 Å². The van der Waals surface area contributed by atoms with E-state index >= 15 is 0 Å². The third-order valence-corrected chi connectivity index (χ3v) is 6.47. The molecule has 0 fully saturated rings. The van der Waals surface area contributed by atoms with E-state index in [-0.39, 0.29) is 11.7 Å². The van der Waals surface area contributed by atoms with Crippen LogP contribution in [0.3, 0.4) is 0 Å². The molecule has 0 atom stereocenters. The molecule has 1 aromatic heterocycles. The van der Waals surface area contributed by atoms with Crippen molar-refractivity contribution in [3.05, 3.63) is 53.0 Å². The minimum Gasteiger partial charge on any atom is -0.469 e. The van der Waals surface area contributed by atoms with Gasteiger partial charge in [0.2, 0.25) is 0 Å². The van der Waals surface area contributed by atoms with E-state index in [1.54, 1.807) is 58.2 Å². The molecule has 1 N–H and O–H groups in total. The van der Waals surface area contributed by atoms with Gasteiger partial charge in [0.1, 0.15) is 5.76 Å². The number of anilines is 1. The fraction of sp³-hybridized carbons (Fsp3) is 0.389. The van der Waals surface area contributed by atoms with Gasteiger partial charge in [-0.25, -0.2) is 8.42 Å². The lowest BCUT2D eigenvalue weighted by Crippen LogP contribution is -2.29. The molecule has 0 aliphatic rings. The molecule has 1 aromatic carbocycles. The van der Waals surface area contributed by atoms with Crippen molar-refractivity contribution in [2.45, 2.75) is 45.1 Å². The maximum Gasteiger partial charge on any atom is 0.259 e. The van der Waals surface area contributed by atoms with Crippen molar-refractivity contribution < 1.29 is 17.6 Å². The standard InChI is InChI=1S/C18H23NO4S/c1-12-10-23-13(2)16(12)17(20)19-15-8-6-14(7-9-15)11-24(21,22)18(3,4)5/h6-10H,11H2,1-5H3,(H,19,20). The lowest BCUT2D eigenvalue weighted by Gasteiger charge is -2.19. The molecule has 0 unspecified atom stereocenters. The zero-order valence-corrected chi connectivity index (χ0v) is 15.5. The molecule has 0 bridgehead atoms. The Hall–Kier alpha value is -2.08. The zero-order chi connectivity index (χ0) is 18.1. The molecular formula is C18H23NO4S. The van der Waals surface area contributed by atoms with Gasteiger partial charge in [-0.15, -0.1) is 0 Å². The number of hydrogen-bond acceptors (Lipinski definition) is 4. The van der Waals surface area contributed by atoms with E-state index in [1.807, 2.05) is 6.92 Å². The monoisotopic (exact) mass is 349 g/mol. The quantitative estimate of drug-likeness (QED) is 0.909. The van der Waals surface area contributed by atoms with E-state index in [1.165, 1.54) is 0 Å². The molecule has 130 valence electrons. The highest BCUT2D eigenvalue weighted by molar-refractivity contribution is 7.91. The second kappa shape index (κ2) is 6.43. The first kappa shape index (κ1) is 18.3. The number of sulfone groups is 1. The van der Waals surface area contributed by atoms with E-state index in [9.17, 15) is 13.2 Å². The van der Waals surface area contributed by atoms with Crippen LogP contribution in [0, 0.1) is 13.8 Å². The van der Waals surface area contributed by atoms with Gasteiger partial charge in [0, 0.05) is 11.3 Å². The number of nitrogens with one attached hydrogen (secondary N) is 1. The molecule has 0 spiro atoms. The number of furan rings is 1. The van der Waals surface area contributed by atoms with E-state index in [2.05, 4.69) is 5.32 Å². The predicted octanol–water partition coefficient (Wildman–Crippen LogP) is 3.86. The summed E-state index contributed by atoms with van der Waals surface area (Å²) in [5.74, 6) is 0.303. The van der Waals surface area contributed by atoms with E-state index in [0.717, 1.165) is 5.56 Å². The summed E-state index contributed by atoms with van der Waals surface area (Å²) in [4.78, 5) is 12.3. The summed E-state index contributed by atoms with van der Waals surface area (Å²) < 4.78 is 28.9. The molecule has 1 amide bonds. The second-order valence-electron chi connectivity index (χ2n) is 6.87. The Kier molecular flexibility index (Phi) is 4.90. The third-order valence-electron chi connectivity index (χ3n) is 3.89. The summed E-state index contributed by atoms with van der Waals surface area (Å²) in [6, 6.07) is 6.84. The number of carbonyl (C=O) groups is 1. The van der Waals surface area contributed by atoms with E-state index in [0.29, 0.717) is 22.6 Å². The van der Waals surface area contributed by atoms with Crippen LogP contribution in [-0.2, 0) is 15.6 Å². The third kappa shape index (κ3) is 3.87. The van der Waals surface area contributed by atoms with Crippen LogP contribution >= 0.6 is 0 Å². The highest BCUT2D eigenvalue weighted by Gasteiger charge is 2.28. The SMILES string of the molecule is Cc1coc(C)c1C(=O)Nc1ccc(CS(=O)(=O)C(C)(C)C)cc1. The Morgan fingerprint density at radius 3 is 2.17 bits per heavy atom. The first-order valence-electron chi connectivity index (χ1n) is 7.68. The molecule has 5 nitrogen and oxygen atoms in total. The number of carbonyl (C=O) groups excluding carboxylic acids is 1. The van der Waals surface area contributed by atoms with Crippen molar-refractivity contribution >= 4 is 21.4 Å². The van der Waals surface area contributed by atoms with Crippen molar-refractivity contribution in [3.63, 3.8) is 0 Å². The molecule has 2 aromatic rings. The lowest BCUT2D eigenvalue weighted by atomic mass is 10.1. The van der Waals surface area contributed by atoms with Gasteiger partial charge in [-0.2, -0.15) is 0 Å². The number of amides is 1.